The number of nitrogens with zero attached hydrogens (tertiary/aromatic N) is 6. The van der Waals surface area contributed by atoms with Gasteiger partial charge in [0.05, 0.1) is 124 Å². The Morgan fingerprint density at radius 1 is 0.324 bits per heavy atom. The van der Waals surface area contributed by atoms with Gasteiger partial charge in [-0.05, 0) is 53.0 Å². The first kappa shape index (κ1) is 38.2. The number of para-hydroxylation sites is 6. The zero-order valence-corrected chi connectivity index (χ0v) is 41.6. The predicted molar refractivity (Wildman–Crippen MR) is 326 cm³/mol. The van der Waals surface area contributed by atoms with E-state index in [9.17, 15) is 0 Å². The van der Waals surface area contributed by atoms with Gasteiger partial charge in [0.15, 0.2) is 0 Å². The summed E-state index contributed by atoms with van der Waals surface area (Å²) in [5.74, 6) is 1.97. The van der Waals surface area contributed by atoms with Crippen molar-refractivity contribution < 1.29 is 4.74 Å². The van der Waals surface area contributed by atoms with Gasteiger partial charge in [0.1, 0.15) is 22.8 Å². The molecule has 7 nitrogen and oxygen atoms in total. The van der Waals surface area contributed by atoms with Crippen molar-refractivity contribution in [3.8, 4) is 22.9 Å². The number of imidazole rings is 2. The monoisotopic (exact) mass is 934 g/mol. The molecule has 0 bridgehead atoms. The summed E-state index contributed by atoms with van der Waals surface area (Å²) in [4.78, 5) is 0. The predicted octanol–water partition coefficient (Wildman–Crippen LogP) is 5.95. The van der Waals surface area contributed by atoms with Gasteiger partial charge < -0.3 is 13.5 Å². The van der Waals surface area contributed by atoms with Crippen LogP contribution in [-0.4, -0.2) is 80.5 Å². The first-order valence-corrected chi connectivity index (χ1v) is 26.3. The minimum Gasteiger partial charge on any atom is -0.457 e. The van der Waals surface area contributed by atoms with Gasteiger partial charge in [-0.2, -0.15) is 0 Å². The van der Waals surface area contributed by atoms with Gasteiger partial charge in [0, 0.05) is 65.4 Å². The maximum absolute atomic E-state index is 8.31. The van der Waals surface area contributed by atoms with Crippen LogP contribution in [0.1, 0.15) is 11.1 Å². The summed E-state index contributed by atoms with van der Waals surface area (Å²) in [6, 6.07) is 57.5. The Hall–Kier alpha value is -8.49. The van der Waals surface area contributed by atoms with Crippen molar-refractivity contribution in [2.75, 3.05) is 0 Å². The Labute approximate surface area is 426 Å². The average Bonchev–Trinajstić information content (AvgIpc) is 4.29. The summed E-state index contributed by atoms with van der Waals surface area (Å²) in [5.41, 5.74) is 26.3. The van der Waals surface area contributed by atoms with Crippen molar-refractivity contribution in [1.82, 2.24) is 26.7 Å². The first-order valence-electron chi connectivity index (χ1n) is 26.3. The smallest absolute Gasteiger partial charge is 0.262 e. The second-order valence-electron chi connectivity index (χ2n) is 24.0. The molecule has 17 aromatic rings. The van der Waals surface area contributed by atoms with E-state index in [0.29, 0.717) is 0 Å². The van der Waals surface area contributed by atoms with Gasteiger partial charge in [0.2, 0.25) is 0 Å². The van der Waals surface area contributed by atoms with Crippen molar-refractivity contribution in [1.29, 1.82) is 0 Å². The topological polar surface area (TPSA) is 36.7 Å². The normalized spacial score (nSPS) is 14.4. The van der Waals surface area contributed by atoms with Gasteiger partial charge in [0.25, 0.3) is 6.71 Å². The van der Waals surface area contributed by atoms with Crippen LogP contribution < -0.4 is 21.1 Å². The van der Waals surface area contributed by atoms with E-state index in [-0.39, 0.29) is 16.9 Å². The number of hydrogen-bond donors (Lipinski definition) is 0. The van der Waals surface area contributed by atoms with E-state index >= 15 is 0 Å². The Kier molecular flexibility index (Phi) is 6.01. The summed E-state index contributed by atoms with van der Waals surface area (Å²) in [6.07, 6.45) is 0. The molecular formula is C60H37B7N6O. The standard InChI is InChI=1S/C60H37B7N6O/c61-59(62,63)42-30-14-3-7-22-36(30)70-53-49-40(32-18-9-16-28-26-12-1-5-20-34(26)68(49)47(28)32)55-45-51(53)72(57(42)70)38-24-11-25-39-44(38)67(45)46-52-54(71-37-23-8-4-15-31(37)43(60(64,65)66)58(71)73(39)52)50-41(56(46)74-55)33-19-10-17-29-27-13-2-6-21-35(27)69(50)48(29)33/h1-25H,61-66H2. The van der Waals surface area contributed by atoms with Crippen LogP contribution in [0.2, 0.25) is 0 Å². The van der Waals surface area contributed by atoms with Crippen LogP contribution in [0.5, 0.6) is 11.5 Å². The summed E-state index contributed by atoms with van der Waals surface area (Å²) in [7, 11) is 14.4. The minimum absolute atomic E-state index is 0.125. The quantitative estimate of drug-likeness (QED) is 0.198. The lowest BCUT2D eigenvalue weighted by Crippen LogP contribution is -2.61. The van der Waals surface area contributed by atoms with Crippen LogP contribution in [0.4, 0.5) is 0 Å². The molecule has 3 aliphatic rings. The van der Waals surface area contributed by atoms with Crippen molar-refractivity contribution in [3.63, 3.8) is 0 Å². The second kappa shape index (κ2) is 11.6. The highest BCUT2D eigenvalue weighted by Gasteiger charge is 2.51. The van der Waals surface area contributed by atoms with Crippen LogP contribution in [0.3, 0.4) is 0 Å². The van der Waals surface area contributed by atoms with Crippen LogP contribution in [0.15, 0.2) is 152 Å². The van der Waals surface area contributed by atoms with Crippen molar-refractivity contribution in [2.45, 2.75) is 10.2 Å². The Balaban J connectivity index is 1.13. The maximum Gasteiger partial charge on any atom is 0.262 e. The van der Waals surface area contributed by atoms with E-state index in [4.69, 9.17) is 4.74 Å². The molecule has 0 unspecified atom stereocenters. The van der Waals surface area contributed by atoms with Crippen molar-refractivity contribution >= 4 is 202 Å². The largest absolute Gasteiger partial charge is 0.457 e. The zero-order valence-electron chi connectivity index (χ0n) is 41.6. The Morgan fingerprint density at radius 2 is 0.689 bits per heavy atom. The van der Waals surface area contributed by atoms with Crippen LogP contribution >= 0.6 is 0 Å². The van der Waals surface area contributed by atoms with Gasteiger partial charge in [-0.1, -0.05) is 125 Å². The number of hydrogen-bond acceptors (Lipinski definition) is 1. The van der Waals surface area contributed by atoms with E-state index in [1.54, 1.807) is 0 Å². The molecule has 0 atom stereocenters. The van der Waals surface area contributed by atoms with Crippen LogP contribution in [0.25, 0.3) is 143 Å². The minimum atomic E-state index is -0.196. The summed E-state index contributed by atoms with van der Waals surface area (Å²) < 4.78 is 24.2. The molecule has 334 valence electrons. The molecule has 0 saturated carbocycles. The summed E-state index contributed by atoms with van der Waals surface area (Å²) in [6.45, 7) is -0.125. The first-order chi connectivity index (χ1) is 36.1. The fourth-order valence-electron chi connectivity index (χ4n) is 16.1. The molecule has 0 N–H and O–H groups in total. The molecule has 0 aliphatic carbocycles. The molecule has 0 amide bonds. The van der Waals surface area contributed by atoms with E-state index < -0.39 is 0 Å². The molecule has 3 aliphatic heterocycles. The second-order valence-corrected chi connectivity index (χ2v) is 24.0. The number of aromatic nitrogens is 6. The number of fused-ring (bicyclic) bond motifs is 28. The SMILES string of the molecule is BC(B)(B)c1c2ccccc2n2c3c4c5c(c6c7cccc8c9ccccc9n(c87)c63)Oc3c6c7c(c8c3c3cccc9c%10ccccc%10n8c93)n3c8ccccc8c(C(B)(B)B)c3n7-c3cccc(c3B56)-n4c12. The highest BCUT2D eigenvalue weighted by molar-refractivity contribution is 7.02. The van der Waals surface area contributed by atoms with Gasteiger partial charge in [-0.15, -0.1) is 0 Å². The van der Waals surface area contributed by atoms with E-state index in [1.807, 2.05) is 0 Å². The number of benzene rings is 9. The van der Waals surface area contributed by atoms with Crippen LogP contribution in [-0.2, 0) is 10.2 Å². The molecule has 74 heavy (non-hydrogen) atoms. The maximum atomic E-state index is 8.31. The number of rotatable bonds is 2. The zero-order chi connectivity index (χ0) is 48.5. The molecule has 0 fully saturated rings. The van der Waals surface area contributed by atoms with E-state index in [2.05, 4.69) is 225 Å². The number of ether oxygens (including phenoxy) is 1. The van der Waals surface area contributed by atoms with E-state index in [1.165, 1.54) is 170 Å². The van der Waals surface area contributed by atoms with Gasteiger partial charge in [-0.3, -0.25) is 17.9 Å². The van der Waals surface area contributed by atoms with Crippen molar-refractivity contribution in [3.05, 3.63) is 163 Å². The molecule has 0 spiro atoms. The molecule has 0 radical (unpaired) electrons. The Bertz CT molecular complexity index is 5300. The molecule has 11 heterocycles. The third kappa shape index (κ3) is 3.74. The molecule has 14 heteroatoms. The lowest BCUT2D eigenvalue weighted by atomic mass is 9.33. The molecule has 8 aromatic heterocycles. The summed E-state index contributed by atoms with van der Waals surface area (Å²) >= 11 is 0. The third-order valence-electron chi connectivity index (χ3n) is 18.3. The van der Waals surface area contributed by atoms with Gasteiger partial charge in [-0.25, -0.2) is 0 Å². The van der Waals surface area contributed by atoms with Gasteiger partial charge >= 0.3 is 0 Å². The molecular weight excluding hydrogens is 896 g/mol. The van der Waals surface area contributed by atoms with Crippen molar-refractivity contribution in [2.24, 2.45) is 0 Å². The lowest BCUT2D eigenvalue weighted by molar-refractivity contribution is 0.500. The third-order valence-corrected chi connectivity index (χ3v) is 18.3. The lowest BCUT2D eigenvalue weighted by Gasteiger charge is -2.38. The van der Waals surface area contributed by atoms with E-state index in [0.717, 1.165) is 11.5 Å². The molecule has 9 aromatic carbocycles. The van der Waals surface area contributed by atoms with Crippen LogP contribution in [0, 0.1) is 0 Å². The highest BCUT2D eigenvalue weighted by atomic mass is 16.5. The average molecular weight is 934 g/mol. The fraction of sp³-hybridized carbons (Fsp3) is 0.0333. The Morgan fingerprint density at radius 3 is 1.12 bits per heavy atom. The molecule has 20 rings (SSSR count). The fourth-order valence-corrected chi connectivity index (χ4v) is 16.1. The highest BCUT2D eigenvalue weighted by Crippen LogP contribution is 2.55. The summed E-state index contributed by atoms with van der Waals surface area (Å²) in [5, 5.41) is 12.1. The molecule has 0 saturated heterocycles.